The Morgan fingerprint density at radius 3 is 2.78 bits per heavy atom. The molecule has 0 spiro atoms. The minimum atomic E-state index is -0.461. The molecule has 0 fully saturated rings. The Hall–Kier alpha value is -3.00. The quantitative estimate of drug-likeness (QED) is 0.579. The first-order valence-electron chi connectivity index (χ1n) is 8.40. The van der Waals surface area contributed by atoms with Crippen molar-refractivity contribution in [1.29, 1.82) is 0 Å². The molecule has 0 bridgehead atoms. The summed E-state index contributed by atoms with van der Waals surface area (Å²) in [6.07, 6.45) is 4.26. The van der Waals surface area contributed by atoms with E-state index >= 15 is 0 Å². The Morgan fingerprint density at radius 2 is 2.07 bits per heavy atom. The molecule has 1 aromatic carbocycles. The Kier molecular flexibility index (Phi) is 6.32. The second-order valence-corrected chi connectivity index (χ2v) is 6.16. The molecule has 3 aromatic rings. The molecule has 0 radical (unpaired) electrons. The lowest BCUT2D eigenvalue weighted by Gasteiger charge is -2.08. The van der Waals surface area contributed by atoms with E-state index in [0.29, 0.717) is 37.6 Å². The van der Waals surface area contributed by atoms with Gasteiger partial charge in [0.2, 0.25) is 5.91 Å². The summed E-state index contributed by atoms with van der Waals surface area (Å²) in [4.78, 5) is 11.9. The van der Waals surface area contributed by atoms with Gasteiger partial charge in [-0.2, -0.15) is 5.10 Å². The number of aromatic nitrogens is 4. The van der Waals surface area contributed by atoms with Gasteiger partial charge in [-0.05, 0) is 42.3 Å². The minimum absolute atomic E-state index is 0.0665. The van der Waals surface area contributed by atoms with Crippen LogP contribution in [0.1, 0.15) is 12.0 Å². The summed E-state index contributed by atoms with van der Waals surface area (Å²) in [5.74, 6) is 0.690. The molecule has 2 aromatic heterocycles. The summed E-state index contributed by atoms with van der Waals surface area (Å²) < 4.78 is 14.7. The lowest BCUT2D eigenvalue weighted by Crippen LogP contribution is -2.29. The van der Waals surface area contributed by atoms with Crippen LogP contribution in [-0.4, -0.2) is 39.0 Å². The van der Waals surface area contributed by atoms with Crippen LogP contribution in [0, 0.1) is 5.82 Å². The number of nitrogens with one attached hydrogen (secondary N) is 2. The fourth-order valence-corrected chi connectivity index (χ4v) is 2.58. The van der Waals surface area contributed by atoms with Crippen molar-refractivity contribution in [2.24, 2.45) is 0 Å². The summed E-state index contributed by atoms with van der Waals surface area (Å²) in [6, 6.07) is 9.87. The van der Waals surface area contributed by atoms with E-state index in [2.05, 4.69) is 25.9 Å². The number of hydrogen-bond donors (Lipinski definition) is 2. The maximum absolute atomic E-state index is 13.1. The molecule has 2 heterocycles. The van der Waals surface area contributed by atoms with Crippen molar-refractivity contribution in [2.45, 2.75) is 12.8 Å². The van der Waals surface area contributed by atoms with Gasteiger partial charge >= 0.3 is 0 Å². The van der Waals surface area contributed by atoms with Gasteiger partial charge in [0.05, 0.1) is 5.02 Å². The zero-order valence-electron chi connectivity index (χ0n) is 14.4. The largest absolute Gasteiger partial charge is 0.367 e. The van der Waals surface area contributed by atoms with E-state index in [-0.39, 0.29) is 10.9 Å². The van der Waals surface area contributed by atoms with E-state index < -0.39 is 5.82 Å². The van der Waals surface area contributed by atoms with Crippen molar-refractivity contribution in [2.75, 3.05) is 18.4 Å². The normalized spacial score (nSPS) is 10.6. The molecule has 0 unspecified atom stereocenters. The minimum Gasteiger partial charge on any atom is -0.367 e. The Balaban J connectivity index is 1.35. The standard InChI is InChI=1S/C18H18ClFN6O/c19-14-12-13(2-4-15(14)20)3-7-18(27)22-10-9-21-16-5-6-17(25-24-16)26-11-1-8-23-26/h1-2,4-6,8,11-12H,3,7,9-10H2,(H,21,24)(H,22,27). The van der Waals surface area contributed by atoms with Gasteiger partial charge in [-0.1, -0.05) is 17.7 Å². The van der Waals surface area contributed by atoms with Crippen molar-refractivity contribution in [3.8, 4) is 5.82 Å². The third-order valence-corrected chi connectivity index (χ3v) is 4.06. The van der Waals surface area contributed by atoms with Crippen LogP contribution in [0.4, 0.5) is 10.2 Å². The number of aryl methyl sites for hydroxylation is 1. The van der Waals surface area contributed by atoms with Gasteiger partial charge in [0.25, 0.3) is 0 Å². The predicted octanol–water partition coefficient (Wildman–Crippen LogP) is 2.62. The molecule has 2 N–H and O–H groups in total. The topological polar surface area (TPSA) is 84.7 Å². The zero-order chi connectivity index (χ0) is 19.1. The summed E-state index contributed by atoms with van der Waals surface area (Å²) >= 11 is 5.73. The van der Waals surface area contributed by atoms with E-state index in [1.54, 1.807) is 41.3 Å². The molecule has 1 amide bonds. The van der Waals surface area contributed by atoms with Gasteiger partial charge in [0, 0.05) is 31.9 Å². The molecule has 7 nitrogen and oxygen atoms in total. The molecule has 0 aliphatic carbocycles. The lowest BCUT2D eigenvalue weighted by molar-refractivity contribution is -0.120. The summed E-state index contributed by atoms with van der Waals surface area (Å²) in [7, 11) is 0. The number of amides is 1. The van der Waals surface area contributed by atoms with Crippen molar-refractivity contribution >= 4 is 23.3 Å². The molecule has 0 atom stereocenters. The van der Waals surface area contributed by atoms with Gasteiger partial charge in [0.1, 0.15) is 11.6 Å². The molecule has 0 saturated heterocycles. The molecular weight excluding hydrogens is 371 g/mol. The lowest BCUT2D eigenvalue weighted by atomic mass is 10.1. The number of carbonyl (C=O) groups is 1. The van der Waals surface area contributed by atoms with Crippen LogP contribution in [0.15, 0.2) is 48.8 Å². The molecule has 0 aliphatic heterocycles. The third-order valence-electron chi connectivity index (χ3n) is 3.77. The van der Waals surface area contributed by atoms with Crippen molar-refractivity contribution in [1.82, 2.24) is 25.3 Å². The number of benzene rings is 1. The molecule has 0 aliphatic rings. The van der Waals surface area contributed by atoms with Crippen LogP contribution in [0.25, 0.3) is 5.82 Å². The summed E-state index contributed by atoms with van der Waals surface area (Å²) in [5.41, 5.74) is 0.822. The van der Waals surface area contributed by atoms with Crippen LogP contribution in [0.3, 0.4) is 0 Å². The Bertz CT molecular complexity index is 885. The van der Waals surface area contributed by atoms with Crippen molar-refractivity contribution < 1.29 is 9.18 Å². The van der Waals surface area contributed by atoms with Crippen LogP contribution >= 0.6 is 11.6 Å². The highest BCUT2D eigenvalue weighted by molar-refractivity contribution is 6.30. The zero-order valence-corrected chi connectivity index (χ0v) is 15.2. The van der Waals surface area contributed by atoms with Crippen molar-refractivity contribution in [3.63, 3.8) is 0 Å². The number of rotatable bonds is 8. The summed E-state index contributed by atoms with van der Waals surface area (Å²) in [5, 5.41) is 18.2. The van der Waals surface area contributed by atoms with Gasteiger partial charge < -0.3 is 10.6 Å². The van der Waals surface area contributed by atoms with Gasteiger partial charge in [-0.25, -0.2) is 9.07 Å². The van der Waals surface area contributed by atoms with E-state index in [4.69, 9.17) is 11.6 Å². The van der Waals surface area contributed by atoms with Gasteiger partial charge in [-0.3, -0.25) is 4.79 Å². The number of carbonyl (C=O) groups excluding carboxylic acids is 1. The first kappa shape index (κ1) is 18.8. The maximum Gasteiger partial charge on any atom is 0.220 e. The average Bonchev–Trinajstić information content (AvgIpc) is 3.21. The predicted molar refractivity (Wildman–Crippen MR) is 100 cm³/mol. The highest BCUT2D eigenvalue weighted by atomic mass is 35.5. The summed E-state index contributed by atoms with van der Waals surface area (Å²) in [6.45, 7) is 0.968. The highest BCUT2D eigenvalue weighted by Gasteiger charge is 2.05. The maximum atomic E-state index is 13.1. The third kappa shape index (κ3) is 5.49. The number of halogens is 2. The van der Waals surface area contributed by atoms with Crippen LogP contribution in [-0.2, 0) is 11.2 Å². The number of hydrogen-bond acceptors (Lipinski definition) is 5. The molecule has 27 heavy (non-hydrogen) atoms. The molecule has 0 saturated carbocycles. The van der Waals surface area contributed by atoms with E-state index in [1.807, 2.05) is 0 Å². The van der Waals surface area contributed by atoms with Crippen molar-refractivity contribution in [3.05, 3.63) is 65.2 Å². The first-order chi connectivity index (χ1) is 13.1. The SMILES string of the molecule is O=C(CCc1ccc(F)c(Cl)c1)NCCNc1ccc(-n2cccn2)nn1. The van der Waals surface area contributed by atoms with Gasteiger partial charge in [-0.15, -0.1) is 10.2 Å². The smallest absolute Gasteiger partial charge is 0.220 e. The number of nitrogens with zero attached hydrogens (tertiary/aromatic N) is 4. The molecule has 140 valence electrons. The van der Waals surface area contributed by atoms with E-state index in [9.17, 15) is 9.18 Å². The van der Waals surface area contributed by atoms with E-state index in [1.165, 1.54) is 12.1 Å². The number of anilines is 1. The molecule has 3 rings (SSSR count). The van der Waals surface area contributed by atoms with Crippen LogP contribution < -0.4 is 10.6 Å². The van der Waals surface area contributed by atoms with E-state index in [0.717, 1.165) is 5.56 Å². The van der Waals surface area contributed by atoms with Crippen LogP contribution in [0.2, 0.25) is 5.02 Å². The second-order valence-electron chi connectivity index (χ2n) is 5.75. The first-order valence-corrected chi connectivity index (χ1v) is 8.78. The molecule has 9 heteroatoms. The fraction of sp³-hybridized carbons (Fsp3) is 0.222. The second kappa shape index (κ2) is 9.09. The fourth-order valence-electron chi connectivity index (χ4n) is 2.38. The Morgan fingerprint density at radius 1 is 1.19 bits per heavy atom. The monoisotopic (exact) mass is 388 g/mol. The average molecular weight is 389 g/mol. The van der Waals surface area contributed by atoms with Gasteiger partial charge in [0.15, 0.2) is 5.82 Å². The Labute approximate surface area is 160 Å². The highest BCUT2D eigenvalue weighted by Crippen LogP contribution is 2.16. The van der Waals surface area contributed by atoms with Crippen LogP contribution in [0.5, 0.6) is 0 Å². The molecular formula is C18H18ClFN6O.